The molecule has 11 nitrogen and oxygen atoms in total. The van der Waals surface area contributed by atoms with Gasteiger partial charge in [0.25, 0.3) is 11.8 Å². The van der Waals surface area contributed by atoms with Crippen LogP contribution in [-0.2, 0) is 32.1 Å². The van der Waals surface area contributed by atoms with Crippen LogP contribution in [0.25, 0.3) is 0 Å². The first kappa shape index (κ1) is 30.3. The Morgan fingerprint density at radius 1 is 0.841 bits per heavy atom. The summed E-state index contributed by atoms with van der Waals surface area (Å²) in [6, 6.07) is 20.5. The fraction of sp³-hybridized carbons (Fsp3) is 0.303. The average Bonchev–Trinajstić information content (AvgIpc) is 3.53. The summed E-state index contributed by atoms with van der Waals surface area (Å²) in [6.45, 7) is 0.702. The lowest BCUT2D eigenvalue weighted by atomic mass is 9.89. The van der Waals surface area contributed by atoms with Crippen molar-refractivity contribution in [3.63, 3.8) is 0 Å². The van der Waals surface area contributed by atoms with Crippen molar-refractivity contribution in [1.29, 1.82) is 0 Å². The molecule has 3 atom stereocenters. The minimum absolute atomic E-state index is 0.0484. The lowest BCUT2D eigenvalue weighted by Crippen LogP contribution is -2.55. The van der Waals surface area contributed by atoms with Crippen LogP contribution in [0.2, 0.25) is 0 Å². The third kappa shape index (κ3) is 7.80. The maximum absolute atomic E-state index is 13.8. The van der Waals surface area contributed by atoms with Gasteiger partial charge in [-0.15, -0.1) is 0 Å². The second kappa shape index (κ2) is 14.3. The number of benzene rings is 3. The first-order valence-corrected chi connectivity index (χ1v) is 14.6. The van der Waals surface area contributed by atoms with Crippen LogP contribution in [0.15, 0.2) is 78.9 Å². The first-order chi connectivity index (χ1) is 21.4. The van der Waals surface area contributed by atoms with Crippen molar-refractivity contribution in [3.8, 4) is 11.5 Å². The molecular formula is C33H34N4O7. The van der Waals surface area contributed by atoms with Crippen LogP contribution in [0, 0.1) is 5.92 Å². The monoisotopic (exact) mass is 598 g/mol. The van der Waals surface area contributed by atoms with Gasteiger partial charge in [-0.2, -0.15) is 0 Å². The molecule has 0 bridgehead atoms. The van der Waals surface area contributed by atoms with Crippen LogP contribution in [0.3, 0.4) is 0 Å². The Labute approximate surface area is 254 Å². The molecule has 3 aromatic rings. The Kier molecular flexibility index (Phi) is 9.85. The second-order valence-corrected chi connectivity index (χ2v) is 10.7. The molecule has 1 fully saturated rings. The number of nitrogens with one attached hydrogen (secondary N) is 4. The van der Waals surface area contributed by atoms with Crippen LogP contribution in [0.4, 0.5) is 0 Å². The largest absolute Gasteiger partial charge is 0.454 e. The molecule has 2 aliphatic rings. The zero-order chi connectivity index (χ0) is 30.9. The number of piperidine rings is 1. The molecule has 0 unspecified atom stereocenters. The van der Waals surface area contributed by atoms with Gasteiger partial charge in [0.15, 0.2) is 11.5 Å². The van der Waals surface area contributed by atoms with Crippen LogP contribution >= 0.6 is 0 Å². The topological polar surface area (TPSA) is 152 Å². The lowest BCUT2D eigenvalue weighted by molar-refractivity contribution is -0.141. The molecule has 2 aliphatic heterocycles. The third-order valence-electron chi connectivity index (χ3n) is 7.61. The number of fused-ring (bicyclic) bond motifs is 1. The van der Waals surface area contributed by atoms with E-state index < -0.39 is 41.5 Å². The normalized spacial score (nSPS) is 16.6. The number of carbonyl (C=O) groups is 5. The first-order valence-electron chi connectivity index (χ1n) is 14.6. The van der Waals surface area contributed by atoms with E-state index in [-0.39, 0.29) is 37.6 Å². The molecule has 0 spiro atoms. The van der Waals surface area contributed by atoms with E-state index in [9.17, 15) is 24.0 Å². The van der Waals surface area contributed by atoms with E-state index in [1.807, 2.05) is 60.7 Å². The van der Waals surface area contributed by atoms with Gasteiger partial charge in [0.2, 0.25) is 24.4 Å². The van der Waals surface area contributed by atoms with Crippen LogP contribution in [-0.4, -0.2) is 54.8 Å². The summed E-state index contributed by atoms with van der Waals surface area (Å²) in [5, 5.41) is 10.9. The summed E-state index contributed by atoms with van der Waals surface area (Å²) in [5.41, 5.74) is 1.83. The Morgan fingerprint density at radius 2 is 1.55 bits per heavy atom. The molecule has 3 aromatic carbocycles. The average molecular weight is 599 g/mol. The minimum atomic E-state index is -1.28. The zero-order valence-corrected chi connectivity index (χ0v) is 24.0. The van der Waals surface area contributed by atoms with Crippen molar-refractivity contribution in [2.75, 3.05) is 13.3 Å². The molecule has 0 radical (unpaired) electrons. The molecule has 228 valence electrons. The van der Waals surface area contributed by atoms with E-state index in [2.05, 4.69) is 21.3 Å². The number of Topliss-reactive ketones (excluding diaryl/α,β-unsaturated/α-hetero) is 1. The van der Waals surface area contributed by atoms with Crippen molar-refractivity contribution in [3.05, 3.63) is 95.6 Å². The molecular weight excluding hydrogens is 564 g/mol. The Balaban J connectivity index is 1.34. The van der Waals surface area contributed by atoms with Gasteiger partial charge in [-0.1, -0.05) is 60.7 Å². The van der Waals surface area contributed by atoms with Crippen molar-refractivity contribution in [2.24, 2.45) is 5.92 Å². The van der Waals surface area contributed by atoms with E-state index in [1.54, 1.807) is 12.1 Å². The molecule has 1 saturated heterocycles. The molecule has 44 heavy (non-hydrogen) atoms. The van der Waals surface area contributed by atoms with Gasteiger partial charge in [-0.25, -0.2) is 0 Å². The molecule has 0 aromatic heterocycles. The molecule has 4 amide bonds. The minimum Gasteiger partial charge on any atom is -0.454 e. The predicted molar refractivity (Wildman–Crippen MR) is 160 cm³/mol. The number of ether oxygens (including phenoxy) is 2. The second-order valence-electron chi connectivity index (χ2n) is 10.7. The van der Waals surface area contributed by atoms with Gasteiger partial charge in [-0.05, 0) is 48.6 Å². The summed E-state index contributed by atoms with van der Waals surface area (Å²) in [7, 11) is 0. The van der Waals surface area contributed by atoms with Gasteiger partial charge in [-0.3, -0.25) is 24.0 Å². The Hall–Kier alpha value is -5.19. The van der Waals surface area contributed by atoms with Gasteiger partial charge >= 0.3 is 0 Å². The van der Waals surface area contributed by atoms with Crippen molar-refractivity contribution < 1.29 is 33.4 Å². The highest BCUT2D eigenvalue weighted by molar-refractivity contribution is 6.38. The SMILES string of the molecule is O=C(NCc1ccccc1)C(=O)[C@H](C[C@@H]1CCCNC1=O)NC(=O)[C@H](Cc1ccccc1)NC(=O)c1ccc2c(c1)OCO2. The van der Waals surface area contributed by atoms with E-state index in [0.29, 0.717) is 30.9 Å². The fourth-order valence-electron chi connectivity index (χ4n) is 5.21. The number of rotatable bonds is 12. The number of ketones is 1. The maximum atomic E-state index is 13.8. The van der Waals surface area contributed by atoms with Gasteiger partial charge in [0.05, 0.1) is 6.04 Å². The van der Waals surface area contributed by atoms with E-state index in [1.165, 1.54) is 6.07 Å². The van der Waals surface area contributed by atoms with Crippen LogP contribution in [0.5, 0.6) is 11.5 Å². The highest BCUT2D eigenvalue weighted by atomic mass is 16.7. The summed E-state index contributed by atoms with van der Waals surface area (Å²) in [5.74, 6) is -2.80. The molecule has 0 saturated carbocycles. The standard InChI is InChI=1S/C33H34N4O7/c38-29(33(42)35-19-22-10-5-2-6-11-22)25(17-23-12-7-15-34-30(23)39)36-32(41)26(16-21-8-3-1-4-9-21)37-31(40)24-13-14-27-28(18-24)44-20-43-27/h1-6,8-11,13-14,18,23,25-26H,7,12,15-17,19-20H2,(H,34,39)(H,35,42)(H,36,41)(H,37,40)/t23-,25-,26-/m0/s1. The number of carbonyl (C=O) groups excluding carboxylic acids is 5. The smallest absolute Gasteiger partial charge is 0.289 e. The summed E-state index contributed by atoms with van der Waals surface area (Å²) < 4.78 is 10.7. The Bertz CT molecular complexity index is 1510. The van der Waals surface area contributed by atoms with Gasteiger partial charge < -0.3 is 30.7 Å². The van der Waals surface area contributed by atoms with Crippen molar-refractivity contribution in [2.45, 2.75) is 44.3 Å². The highest BCUT2D eigenvalue weighted by Crippen LogP contribution is 2.32. The summed E-state index contributed by atoms with van der Waals surface area (Å²) in [4.78, 5) is 66.1. The van der Waals surface area contributed by atoms with E-state index >= 15 is 0 Å². The highest BCUT2D eigenvalue weighted by Gasteiger charge is 2.35. The fourth-order valence-corrected chi connectivity index (χ4v) is 5.21. The van der Waals surface area contributed by atoms with Crippen LogP contribution in [0.1, 0.15) is 40.7 Å². The van der Waals surface area contributed by atoms with Crippen molar-refractivity contribution in [1.82, 2.24) is 21.3 Å². The molecule has 11 heteroatoms. The van der Waals surface area contributed by atoms with E-state index in [4.69, 9.17) is 9.47 Å². The van der Waals surface area contributed by atoms with Gasteiger partial charge in [0, 0.05) is 31.0 Å². The lowest BCUT2D eigenvalue weighted by Gasteiger charge is -2.27. The predicted octanol–water partition coefficient (Wildman–Crippen LogP) is 2.04. The summed E-state index contributed by atoms with van der Waals surface area (Å²) in [6.07, 6.45) is 1.30. The molecule has 0 aliphatic carbocycles. The summed E-state index contributed by atoms with van der Waals surface area (Å²) >= 11 is 0. The maximum Gasteiger partial charge on any atom is 0.289 e. The van der Waals surface area contributed by atoms with E-state index in [0.717, 1.165) is 11.1 Å². The molecule has 5 rings (SSSR count). The van der Waals surface area contributed by atoms with Crippen molar-refractivity contribution >= 4 is 29.4 Å². The molecule has 4 N–H and O–H groups in total. The number of hydrogen-bond donors (Lipinski definition) is 4. The number of amides is 4. The quantitative estimate of drug-likeness (QED) is 0.233. The Morgan fingerprint density at radius 3 is 2.27 bits per heavy atom. The third-order valence-corrected chi connectivity index (χ3v) is 7.61. The van der Waals surface area contributed by atoms with Gasteiger partial charge in [0.1, 0.15) is 6.04 Å². The number of hydrogen-bond acceptors (Lipinski definition) is 7. The molecule has 2 heterocycles. The van der Waals surface area contributed by atoms with Crippen LogP contribution < -0.4 is 30.7 Å². The zero-order valence-electron chi connectivity index (χ0n) is 24.0.